The molecule has 1 atom stereocenters. The predicted molar refractivity (Wildman–Crippen MR) is 75.3 cm³/mol. The quantitative estimate of drug-likeness (QED) is 0.818. The first-order chi connectivity index (χ1) is 8.22. The van der Waals surface area contributed by atoms with Gasteiger partial charge in [0.25, 0.3) is 0 Å². The SMILES string of the molecule is CCCNCC1CCCc2sc(N(C)C)nc21. The van der Waals surface area contributed by atoms with E-state index in [1.54, 1.807) is 0 Å². The molecular formula is C13H23N3S. The molecule has 0 spiro atoms. The van der Waals surface area contributed by atoms with Crippen LogP contribution in [-0.4, -0.2) is 32.2 Å². The fraction of sp³-hybridized carbons (Fsp3) is 0.769. The first-order valence-corrected chi connectivity index (χ1v) is 7.41. The lowest BCUT2D eigenvalue weighted by atomic mass is 9.91. The third kappa shape index (κ3) is 2.99. The minimum Gasteiger partial charge on any atom is -0.354 e. The van der Waals surface area contributed by atoms with Crippen LogP contribution in [-0.2, 0) is 6.42 Å². The van der Waals surface area contributed by atoms with E-state index in [0.29, 0.717) is 5.92 Å². The minimum atomic E-state index is 0.634. The van der Waals surface area contributed by atoms with Gasteiger partial charge in [0.15, 0.2) is 5.13 Å². The van der Waals surface area contributed by atoms with Crippen molar-refractivity contribution < 1.29 is 0 Å². The van der Waals surface area contributed by atoms with Crippen molar-refractivity contribution >= 4 is 16.5 Å². The maximum absolute atomic E-state index is 4.81. The summed E-state index contributed by atoms with van der Waals surface area (Å²) in [5.41, 5.74) is 1.37. The molecule has 96 valence electrons. The Balaban J connectivity index is 2.07. The highest BCUT2D eigenvalue weighted by molar-refractivity contribution is 7.15. The Morgan fingerprint density at radius 3 is 3.00 bits per heavy atom. The smallest absolute Gasteiger partial charge is 0.185 e. The molecule has 1 aromatic rings. The van der Waals surface area contributed by atoms with Crippen molar-refractivity contribution in [2.24, 2.45) is 0 Å². The molecule has 17 heavy (non-hydrogen) atoms. The van der Waals surface area contributed by atoms with Crippen LogP contribution in [0.4, 0.5) is 5.13 Å². The van der Waals surface area contributed by atoms with Gasteiger partial charge in [-0.15, -0.1) is 11.3 Å². The monoisotopic (exact) mass is 253 g/mol. The molecule has 1 N–H and O–H groups in total. The molecule has 1 aliphatic carbocycles. The van der Waals surface area contributed by atoms with Gasteiger partial charge >= 0.3 is 0 Å². The normalized spacial score (nSPS) is 19.1. The van der Waals surface area contributed by atoms with Crippen molar-refractivity contribution in [3.8, 4) is 0 Å². The molecule has 0 aliphatic heterocycles. The van der Waals surface area contributed by atoms with Gasteiger partial charge in [-0.2, -0.15) is 0 Å². The fourth-order valence-electron chi connectivity index (χ4n) is 2.34. The topological polar surface area (TPSA) is 28.2 Å². The van der Waals surface area contributed by atoms with Crippen molar-refractivity contribution in [2.75, 3.05) is 32.1 Å². The van der Waals surface area contributed by atoms with E-state index in [4.69, 9.17) is 4.98 Å². The molecule has 0 fully saturated rings. The number of nitrogens with one attached hydrogen (secondary N) is 1. The number of nitrogens with zero attached hydrogens (tertiary/aromatic N) is 2. The van der Waals surface area contributed by atoms with E-state index in [1.807, 2.05) is 11.3 Å². The van der Waals surface area contributed by atoms with Crippen molar-refractivity contribution in [1.82, 2.24) is 10.3 Å². The van der Waals surface area contributed by atoms with Crippen LogP contribution in [0.15, 0.2) is 0 Å². The van der Waals surface area contributed by atoms with Gasteiger partial charge < -0.3 is 10.2 Å². The maximum atomic E-state index is 4.81. The van der Waals surface area contributed by atoms with E-state index < -0.39 is 0 Å². The summed E-state index contributed by atoms with van der Waals surface area (Å²) in [4.78, 5) is 8.46. The fourth-order valence-corrected chi connectivity index (χ4v) is 3.45. The van der Waals surface area contributed by atoms with Crippen LogP contribution in [0.25, 0.3) is 0 Å². The standard InChI is InChI=1S/C13H23N3S/c1-4-8-14-9-10-6-5-7-11-12(10)15-13(17-11)16(2)3/h10,14H,4-9H2,1-3H3. The van der Waals surface area contributed by atoms with E-state index in [2.05, 4.69) is 31.2 Å². The Labute approximate surface area is 108 Å². The van der Waals surface area contributed by atoms with Crippen LogP contribution in [0, 0.1) is 0 Å². The second kappa shape index (κ2) is 5.83. The average Bonchev–Trinajstić information content (AvgIpc) is 2.74. The van der Waals surface area contributed by atoms with Crippen LogP contribution < -0.4 is 10.2 Å². The van der Waals surface area contributed by atoms with Gasteiger partial charge in [0.1, 0.15) is 0 Å². The lowest BCUT2D eigenvalue weighted by Gasteiger charge is -2.21. The number of thiazole rings is 1. The lowest BCUT2D eigenvalue weighted by molar-refractivity contribution is 0.501. The molecule has 1 aliphatic rings. The Bertz CT molecular complexity index is 360. The highest BCUT2D eigenvalue weighted by Crippen LogP contribution is 2.37. The molecule has 0 saturated carbocycles. The third-order valence-electron chi connectivity index (χ3n) is 3.26. The van der Waals surface area contributed by atoms with E-state index in [-0.39, 0.29) is 0 Å². The zero-order valence-corrected chi connectivity index (χ0v) is 11.9. The number of rotatable bonds is 5. The molecule has 0 aromatic carbocycles. The second-order valence-electron chi connectivity index (χ2n) is 4.99. The Hall–Kier alpha value is -0.610. The summed E-state index contributed by atoms with van der Waals surface area (Å²) in [6, 6.07) is 0. The van der Waals surface area contributed by atoms with Crippen LogP contribution in [0.3, 0.4) is 0 Å². The maximum Gasteiger partial charge on any atom is 0.185 e. The molecule has 0 bridgehead atoms. The molecule has 0 saturated heterocycles. The largest absolute Gasteiger partial charge is 0.354 e. The molecule has 0 radical (unpaired) electrons. The van der Waals surface area contributed by atoms with Crippen LogP contribution in [0.5, 0.6) is 0 Å². The van der Waals surface area contributed by atoms with Gasteiger partial charge in [-0.25, -0.2) is 4.98 Å². The van der Waals surface area contributed by atoms with Crippen molar-refractivity contribution in [1.29, 1.82) is 0 Å². The second-order valence-corrected chi connectivity index (χ2v) is 6.05. The van der Waals surface area contributed by atoms with E-state index in [9.17, 15) is 0 Å². The summed E-state index contributed by atoms with van der Waals surface area (Å²) in [6.07, 6.45) is 5.05. The lowest BCUT2D eigenvalue weighted by Crippen LogP contribution is -2.25. The number of hydrogen-bond donors (Lipinski definition) is 1. The van der Waals surface area contributed by atoms with Gasteiger partial charge in [-0.1, -0.05) is 6.92 Å². The van der Waals surface area contributed by atoms with Crippen molar-refractivity contribution in [3.63, 3.8) is 0 Å². The number of anilines is 1. The van der Waals surface area contributed by atoms with Gasteiger partial charge in [-0.05, 0) is 32.2 Å². The highest BCUT2D eigenvalue weighted by Gasteiger charge is 2.24. The Morgan fingerprint density at radius 2 is 2.29 bits per heavy atom. The molecule has 3 nitrogen and oxygen atoms in total. The van der Waals surface area contributed by atoms with Gasteiger partial charge in [0.2, 0.25) is 0 Å². The molecule has 0 amide bonds. The molecular weight excluding hydrogens is 230 g/mol. The van der Waals surface area contributed by atoms with Crippen LogP contribution in [0.1, 0.15) is 42.7 Å². The van der Waals surface area contributed by atoms with Gasteiger partial charge in [0.05, 0.1) is 5.69 Å². The van der Waals surface area contributed by atoms with Gasteiger partial charge in [-0.3, -0.25) is 0 Å². The summed E-state index contributed by atoms with van der Waals surface area (Å²) in [7, 11) is 4.16. The molecule has 1 aromatic heterocycles. The van der Waals surface area contributed by atoms with E-state index in [0.717, 1.165) is 18.2 Å². The molecule has 4 heteroatoms. The van der Waals surface area contributed by atoms with E-state index in [1.165, 1.54) is 36.3 Å². The summed E-state index contributed by atoms with van der Waals surface area (Å²) in [5, 5.41) is 4.70. The molecule has 1 unspecified atom stereocenters. The summed E-state index contributed by atoms with van der Waals surface area (Å²) in [5.74, 6) is 0.634. The van der Waals surface area contributed by atoms with Crippen molar-refractivity contribution in [3.05, 3.63) is 10.6 Å². The summed E-state index contributed by atoms with van der Waals surface area (Å²) in [6.45, 7) is 4.43. The van der Waals surface area contributed by atoms with E-state index >= 15 is 0 Å². The zero-order chi connectivity index (χ0) is 12.3. The number of fused-ring (bicyclic) bond motifs is 1. The number of aromatic nitrogens is 1. The third-order valence-corrected chi connectivity index (χ3v) is 4.56. The first-order valence-electron chi connectivity index (χ1n) is 6.60. The molecule has 1 heterocycles. The first kappa shape index (κ1) is 12.8. The predicted octanol–water partition coefficient (Wildman–Crippen LogP) is 2.63. The van der Waals surface area contributed by atoms with Gasteiger partial charge in [0, 0.05) is 31.4 Å². The summed E-state index contributed by atoms with van der Waals surface area (Å²) >= 11 is 1.87. The average molecular weight is 253 g/mol. The zero-order valence-electron chi connectivity index (χ0n) is 11.1. The highest BCUT2D eigenvalue weighted by atomic mass is 32.1. The van der Waals surface area contributed by atoms with Crippen LogP contribution >= 0.6 is 11.3 Å². The van der Waals surface area contributed by atoms with Crippen LogP contribution in [0.2, 0.25) is 0 Å². The molecule has 2 rings (SSSR count). The number of aryl methyl sites for hydroxylation is 1. The summed E-state index contributed by atoms with van der Waals surface area (Å²) < 4.78 is 0. The minimum absolute atomic E-state index is 0.634. The van der Waals surface area contributed by atoms with Crippen molar-refractivity contribution in [2.45, 2.75) is 38.5 Å². The number of hydrogen-bond acceptors (Lipinski definition) is 4. The Morgan fingerprint density at radius 1 is 1.47 bits per heavy atom. The Kier molecular flexibility index (Phi) is 4.40.